The fourth-order valence-corrected chi connectivity index (χ4v) is 2.05. The summed E-state index contributed by atoms with van der Waals surface area (Å²) < 4.78 is 0. The highest BCUT2D eigenvalue weighted by Crippen LogP contribution is 2.16. The van der Waals surface area contributed by atoms with Gasteiger partial charge in [0.15, 0.2) is 0 Å². The van der Waals surface area contributed by atoms with Crippen LogP contribution in [0, 0.1) is 13.8 Å². The van der Waals surface area contributed by atoms with Crippen LogP contribution >= 0.6 is 0 Å². The van der Waals surface area contributed by atoms with E-state index in [-0.39, 0.29) is 11.0 Å². The zero-order valence-electron chi connectivity index (χ0n) is 10.7. The van der Waals surface area contributed by atoms with Crippen LogP contribution in [0.25, 0.3) is 22.1 Å². The molecule has 0 radical (unpaired) electrons. The van der Waals surface area contributed by atoms with Gasteiger partial charge in [-0.1, -0.05) is 0 Å². The van der Waals surface area contributed by atoms with Crippen LogP contribution in [0.5, 0.6) is 0 Å². The maximum absolute atomic E-state index is 11.7. The molecule has 0 saturated carbocycles. The Hall–Kier alpha value is -2.76. The quantitative estimate of drug-likeness (QED) is 0.411. The summed E-state index contributed by atoms with van der Waals surface area (Å²) in [4.78, 5) is 54.3. The van der Waals surface area contributed by atoms with E-state index in [2.05, 4.69) is 9.97 Å². The molecule has 0 fully saturated rings. The number of nitrogens with zero attached hydrogens (tertiary/aromatic N) is 2. The summed E-state index contributed by atoms with van der Waals surface area (Å²) in [5, 5.41) is 0. The van der Waals surface area contributed by atoms with Gasteiger partial charge in [-0.25, -0.2) is 9.97 Å². The average molecular weight is 268 g/mol. The molecule has 6 nitrogen and oxygen atoms in total. The molecule has 98 valence electrons. The fraction of sp³-hybridized carbons (Fsp3) is 0.143. The molecule has 0 N–H and O–H groups in total. The van der Waals surface area contributed by atoms with Crippen LogP contribution in [0.1, 0.15) is 11.1 Å². The predicted octanol–water partition coefficient (Wildman–Crippen LogP) is -0.284. The standard InChI is InChI=1S/C14H8N2O4/c1-5-3-7-8(4-6(5)2)16-10-9(15-7)11(17)13(19)14(20)12(10)18/h3-4H,1-2H3. The summed E-state index contributed by atoms with van der Waals surface area (Å²) in [6.07, 6.45) is 0. The van der Waals surface area contributed by atoms with Crippen molar-refractivity contribution in [2.45, 2.75) is 13.8 Å². The molecule has 0 amide bonds. The van der Waals surface area contributed by atoms with Gasteiger partial charge in [0.1, 0.15) is 11.0 Å². The van der Waals surface area contributed by atoms with Crippen LogP contribution in [0.15, 0.2) is 31.3 Å². The van der Waals surface area contributed by atoms with E-state index in [0.29, 0.717) is 11.0 Å². The first kappa shape index (κ1) is 12.3. The monoisotopic (exact) mass is 268 g/mol. The number of benzene rings is 2. The van der Waals surface area contributed by atoms with Crippen molar-refractivity contribution in [2.24, 2.45) is 0 Å². The van der Waals surface area contributed by atoms with Gasteiger partial charge in [-0.05, 0) is 37.1 Å². The average Bonchev–Trinajstić information content (AvgIpc) is 2.43. The number of hydrogen-bond acceptors (Lipinski definition) is 6. The van der Waals surface area contributed by atoms with E-state index >= 15 is 0 Å². The SMILES string of the molecule is Cc1cc2nc3c(=O)c(=O)c(=O)c(=O)c3nc2cc1C. The van der Waals surface area contributed by atoms with Gasteiger partial charge >= 0.3 is 0 Å². The molecular formula is C14H8N2O4. The van der Waals surface area contributed by atoms with E-state index in [0.717, 1.165) is 11.1 Å². The fourth-order valence-electron chi connectivity index (χ4n) is 2.05. The van der Waals surface area contributed by atoms with Gasteiger partial charge in [-0.15, -0.1) is 0 Å². The maximum atomic E-state index is 11.7. The number of hydrogen-bond donors (Lipinski definition) is 0. The molecule has 0 bridgehead atoms. The van der Waals surface area contributed by atoms with E-state index < -0.39 is 21.7 Å². The van der Waals surface area contributed by atoms with Crippen molar-refractivity contribution in [2.75, 3.05) is 0 Å². The highest BCUT2D eigenvalue weighted by molar-refractivity contribution is 5.86. The van der Waals surface area contributed by atoms with E-state index in [9.17, 15) is 19.2 Å². The summed E-state index contributed by atoms with van der Waals surface area (Å²) >= 11 is 0. The second-order valence-corrected chi connectivity index (χ2v) is 4.66. The van der Waals surface area contributed by atoms with Gasteiger partial charge in [-0.2, -0.15) is 0 Å². The van der Waals surface area contributed by atoms with E-state index in [1.807, 2.05) is 13.8 Å². The van der Waals surface area contributed by atoms with E-state index in [1.54, 1.807) is 12.1 Å². The van der Waals surface area contributed by atoms with Crippen LogP contribution in [0.3, 0.4) is 0 Å². The van der Waals surface area contributed by atoms with Gasteiger partial charge in [0.2, 0.25) is 0 Å². The van der Waals surface area contributed by atoms with Crippen molar-refractivity contribution in [3.8, 4) is 0 Å². The van der Waals surface area contributed by atoms with Crippen LogP contribution in [0.4, 0.5) is 0 Å². The normalized spacial score (nSPS) is 11.3. The number of aryl methyl sites for hydroxylation is 2. The van der Waals surface area contributed by atoms with Crippen LogP contribution in [-0.2, 0) is 0 Å². The lowest BCUT2D eigenvalue weighted by atomic mass is 10.1. The number of rotatable bonds is 0. The lowest BCUT2D eigenvalue weighted by Gasteiger charge is -2.03. The lowest BCUT2D eigenvalue weighted by molar-refractivity contribution is 1.27. The van der Waals surface area contributed by atoms with E-state index in [4.69, 9.17) is 0 Å². The second kappa shape index (κ2) is 3.86. The number of fused-ring (bicyclic) bond motifs is 2. The molecule has 0 unspecified atom stereocenters. The minimum absolute atomic E-state index is 0.338. The molecule has 1 aromatic heterocycles. The van der Waals surface area contributed by atoms with Crippen LogP contribution in [-0.4, -0.2) is 9.97 Å². The Morgan fingerprint density at radius 1 is 0.650 bits per heavy atom. The molecule has 3 aromatic rings. The Kier molecular flexibility index (Phi) is 2.37. The first-order chi connectivity index (χ1) is 9.40. The maximum Gasteiger partial charge on any atom is 0.279 e. The Labute approximate surface area is 111 Å². The molecule has 0 aliphatic carbocycles. The molecule has 0 atom stereocenters. The molecule has 0 aliphatic heterocycles. The van der Waals surface area contributed by atoms with Crippen molar-refractivity contribution < 1.29 is 0 Å². The molecule has 0 aliphatic rings. The van der Waals surface area contributed by atoms with Crippen molar-refractivity contribution in [1.82, 2.24) is 9.97 Å². The Morgan fingerprint density at radius 2 is 1.00 bits per heavy atom. The first-order valence-corrected chi connectivity index (χ1v) is 5.87. The Morgan fingerprint density at radius 3 is 1.35 bits per heavy atom. The minimum Gasteiger partial charge on any atom is -0.283 e. The van der Waals surface area contributed by atoms with Crippen LogP contribution in [0.2, 0.25) is 0 Å². The van der Waals surface area contributed by atoms with Gasteiger partial charge in [-0.3, -0.25) is 19.2 Å². The molecular weight excluding hydrogens is 260 g/mol. The Bertz CT molecular complexity index is 1000. The summed E-state index contributed by atoms with van der Waals surface area (Å²) in [7, 11) is 0. The third kappa shape index (κ3) is 1.51. The molecule has 0 saturated heterocycles. The smallest absolute Gasteiger partial charge is 0.279 e. The van der Waals surface area contributed by atoms with Gasteiger partial charge in [0, 0.05) is 0 Å². The summed E-state index contributed by atoms with van der Waals surface area (Å²) in [5.74, 6) is 0. The summed E-state index contributed by atoms with van der Waals surface area (Å²) in [5.41, 5.74) is -2.79. The zero-order chi connectivity index (χ0) is 14.6. The van der Waals surface area contributed by atoms with Gasteiger partial charge < -0.3 is 0 Å². The van der Waals surface area contributed by atoms with Crippen LogP contribution < -0.4 is 21.7 Å². The lowest BCUT2D eigenvalue weighted by Crippen LogP contribution is -2.47. The largest absolute Gasteiger partial charge is 0.283 e. The highest BCUT2D eigenvalue weighted by atomic mass is 16.2. The van der Waals surface area contributed by atoms with Gasteiger partial charge in [0.25, 0.3) is 21.7 Å². The molecule has 20 heavy (non-hydrogen) atoms. The molecule has 3 rings (SSSR count). The minimum atomic E-state index is -1.35. The Balaban J connectivity index is 2.69. The van der Waals surface area contributed by atoms with Crippen molar-refractivity contribution >= 4 is 22.1 Å². The molecule has 2 aromatic carbocycles. The third-order valence-corrected chi connectivity index (χ3v) is 3.33. The topological polar surface area (TPSA) is 94.1 Å². The zero-order valence-corrected chi connectivity index (χ0v) is 10.7. The third-order valence-electron chi connectivity index (χ3n) is 3.33. The van der Waals surface area contributed by atoms with E-state index in [1.165, 1.54) is 0 Å². The van der Waals surface area contributed by atoms with Crippen molar-refractivity contribution in [1.29, 1.82) is 0 Å². The number of aromatic nitrogens is 2. The summed E-state index contributed by atoms with van der Waals surface area (Å²) in [6, 6.07) is 3.44. The predicted molar refractivity (Wildman–Crippen MR) is 74.0 cm³/mol. The molecule has 0 spiro atoms. The molecule has 6 heteroatoms. The van der Waals surface area contributed by atoms with Crippen molar-refractivity contribution in [3.63, 3.8) is 0 Å². The van der Waals surface area contributed by atoms with Crippen molar-refractivity contribution in [3.05, 3.63) is 64.2 Å². The molecule has 1 heterocycles. The first-order valence-electron chi connectivity index (χ1n) is 5.87. The second-order valence-electron chi connectivity index (χ2n) is 4.66. The highest BCUT2D eigenvalue weighted by Gasteiger charge is 2.16. The van der Waals surface area contributed by atoms with Gasteiger partial charge in [0.05, 0.1) is 11.0 Å². The summed E-state index contributed by atoms with van der Waals surface area (Å²) in [6.45, 7) is 3.75.